The molecule has 0 fully saturated rings. The van der Waals surface area contributed by atoms with Crippen LogP contribution in [0.15, 0.2) is 24.4 Å². The molecule has 0 atom stereocenters. The molecule has 0 radical (unpaired) electrons. The molecular weight excluding hydrogens is 250 g/mol. The van der Waals surface area contributed by atoms with E-state index in [-0.39, 0.29) is 13.2 Å². The van der Waals surface area contributed by atoms with Crippen molar-refractivity contribution in [1.29, 1.82) is 0 Å². The molecule has 0 unspecified atom stereocenters. The lowest BCUT2D eigenvalue weighted by Gasteiger charge is -2.36. The van der Waals surface area contributed by atoms with Gasteiger partial charge in [-0.15, -0.1) is 0 Å². The van der Waals surface area contributed by atoms with Gasteiger partial charge in [0.05, 0.1) is 13.2 Å². The lowest BCUT2D eigenvalue weighted by atomic mass is 9.94. The van der Waals surface area contributed by atoms with Crippen molar-refractivity contribution in [2.45, 2.75) is 26.3 Å². The summed E-state index contributed by atoms with van der Waals surface area (Å²) < 4.78 is 9.83. The van der Waals surface area contributed by atoms with E-state index < -0.39 is 23.4 Å². The third-order valence-corrected chi connectivity index (χ3v) is 2.58. The molecule has 0 aromatic carbocycles. The van der Waals surface area contributed by atoms with Crippen LogP contribution in [0.1, 0.15) is 20.8 Å². The minimum atomic E-state index is -1.87. The second kappa shape index (κ2) is 6.17. The van der Waals surface area contributed by atoms with Crippen LogP contribution in [0.25, 0.3) is 0 Å². The predicted molar refractivity (Wildman–Crippen MR) is 66.8 cm³/mol. The number of carbonyl (C=O) groups is 3. The van der Waals surface area contributed by atoms with Crippen LogP contribution < -0.4 is 0 Å². The summed E-state index contributed by atoms with van der Waals surface area (Å²) >= 11 is 0. The van der Waals surface area contributed by atoms with E-state index in [9.17, 15) is 14.4 Å². The predicted octanol–water partition coefficient (Wildman–Crippen LogP) is 0.783. The SMILES string of the molecule is CCOC(=O)C1(C(=O)OCC)C=CC=CN1C(C)=O. The first-order valence-corrected chi connectivity index (χ1v) is 6.01. The van der Waals surface area contributed by atoms with E-state index in [2.05, 4.69) is 0 Å². The summed E-state index contributed by atoms with van der Waals surface area (Å²) in [5.74, 6) is -2.12. The first kappa shape index (κ1) is 14.9. The molecule has 0 saturated heterocycles. The van der Waals surface area contributed by atoms with Crippen molar-refractivity contribution < 1.29 is 23.9 Å². The zero-order valence-corrected chi connectivity index (χ0v) is 11.2. The second-order valence-corrected chi connectivity index (χ2v) is 3.80. The number of esters is 2. The Kier molecular flexibility index (Phi) is 4.86. The van der Waals surface area contributed by atoms with Gasteiger partial charge >= 0.3 is 11.9 Å². The van der Waals surface area contributed by atoms with Crippen molar-refractivity contribution in [3.63, 3.8) is 0 Å². The van der Waals surface area contributed by atoms with Gasteiger partial charge in [-0.3, -0.25) is 9.69 Å². The number of allylic oxidation sites excluding steroid dienone is 2. The maximum Gasteiger partial charge on any atom is 0.348 e. The molecule has 0 bridgehead atoms. The molecule has 0 aromatic rings. The molecule has 6 nitrogen and oxygen atoms in total. The number of ether oxygens (including phenoxy) is 2. The van der Waals surface area contributed by atoms with E-state index in [0.717, 1.165) is 4.90 Å². The molecule has 1 aliphatic rings. The van der Waals surface area contributed by atoms with E-state index in [0.29, 0.717) is 0 Å². The van der Waals surface area contributed by atoms with Crippen LogP contribution in [0.3, 0.4) is 0 Å². The van der Waals surface area contributed by atoms with Crippen LogP contribution >= 0.6 is 0 Å². The van der Waals surface area contributed by atoms with Crippen molar-refractivity contribution in [3.8, 4) is 0 Å². The molecular formula is C13H17NO5. The van der Waals surface area contributed by atoms with Crippen LogP contribution in [0.5, 0.6) is 0 Å². The van der Waals surface area contributed by atoms with Crippen LogP contribution in [-0.4, -0.2) is 41.5 Å². The fourth-order valence-corrected chi connectivity index (χ4v) is 1.78. The molecule has 1 rings (SSSR count). The van der Waals surface area contributed by atoms with Crippen molar-refractivity contribution >= 4 is 17.8 Å². The molecule has 6 heteroatoms. The monoisotopic (exact) mass is 267 g/mol. The Morgan fingerprint density at radius 2 is 1.58 bits per heavy atom. The smallest absolute Gasteiger partial charge is 0.348 e. The molecule has 1 heterocycles. The molecule has 104 valence electrons. The second-order valence-electron chi connectivity index (χ2n) is 3.80. The molecule has 19 heavy (non-hydrogen) atoms. The highest BCUT2D eigenvalue weighted by atomic mass is 16.6. The van der Waals surface area contributed by atoms with E-state index >= 15 is 0 Å². The van der Waals surface area contributed by atoms with Crippen LogP contribution in [0.2, 0.25) is 0 Å². The van der Waals surface area contributed by atoms with Crippen LogP contribution in [0, 0.1) is 0 Å². The Balaban J connectivity index is 3.27. The normalized spacial score (nSPS) is 16.1. The summed E-state index contributed by atoms with van der Waals surface area (Å²) in [6.45, 7) is 4.71. The Labute approximate surface area is 111 Å². The van der Waals surface area contributed by atoms with Gasteiger partial charge in [0.25, 0.3) is 5.54 Å². The maximum atomic E-state index is 12.1. The summed E-state index contributed by atoms with van der Waals surface area (Å²) in [6, 6.07) is 0. The van der Waals surface area contributed by atoms with Gasteiger partial charge in [0, 0.05) is 13.1 Å². The maximum absolute atomic E-state index is 12.1. The first-order valence-electron chi connectivity index (χ1n) is 6.01. The Bertz CT molecular complexity index is 420. The molecule has 0 N–H and O–H groups in total. The number of hydrogen-bond donors (Lipinski definition) is 0. The Hall–Kier alpha value is -2.11. The van der Waals surface area contributed by atoms with Crippen LogP contribution in [-0.2, 0) is 23.9 Å². The molecule has 1 amide bonds. The number of rotatable bonds is 4. The number of hydrogen-bond acceptors (Lipinski definition) is 5. The van der Waals surface area contributed by atoms with Gasteiger partial charge in [-0.25, -0.2) is 9.59 Å². The first-order chi connectivity index (χ1) is 9.00. The third-order valence-electron chi connectivity index (χ3n) is 2.58. The number of carbonyl (C=O) groups excluding carboxylic acids is 3. The summed E-state index contributed by atoms with van der Waals surface area (Å²) in [5, 5.41) is 0. The van der Waals surface area contributed by atoms with Gasteiger partial charge in [-0.1, -0.05) is 6.08 Å². The van der Waals surface area contributed by atoms with Crippen LogP contribution in [0.4, 0.5) is 0 Å². The minimum absolute atomic E-state index is 0.100. The van der Waals surface area contributed by atoms with E-state index in [1.54, 1.807) is 19.9 Å². The molecule has 1 aliphatic heterocycles. The van der Waals surface area contributed by atoms with Crippen molar-refractivity contribution in [1.82, 2.24) is 4.90 Å². The summed E-state index contributed by atoms with van der Waals surface area (Å²) in [4.78, 5) is 37.0. The average molecular weight is 267 g/mol. The standard InChI is InChI=1S/C13H17NO5/c1-4-18-11(16)13(12(17)19-5-2)8-6-7-9-14(13)10(3)15/h6-9H,4-5H2,1-3H3. The molecule has 0 spiro atoms. The lowest BCUT2D eigenvalue weighted by molar-refractivity contribution is -0.172. The van der Waals surface area contributed by atoms with E-state index in [4.69, 9.17) is 9.47 Å². The summed E-state index contributed by atoms with van der Waals surface area (Å²) in [7, 11) is 0. The van der Waals surface area contributed by atoms with Gasteiger partial charge < -0.3 is 9.47 Å². The van der Waals surface area contributed by atoms with E-state index in [1.807, 2.05) is 0 Å². The largest absolute Gasteiger partial charge is 0.464 e. The van der Waals surface area contributed by atoms with Gasteiger partial charge in [0.15, 0.2) is 0 Å². The Morgan fingerprint density at radius 1 is 1.05 bits per heavy atom. The van der Waals surface area contributed by atoms with Gasteiger partial charge in [-0.05, 0) is 26.0 Å². The van der Waals surface area contributed by atoms with Crippen molar-refractivity contribution in [2.75, 3.05) is 13.2 Å². The third kappa shape index (κ3) is 2.67. The number of amides is 1. The zero-order valence-electron chi connectivity index (χ0n) is 11.2. The quantitative estimate of drug-likeness (QED) is 0.556. The van der Waals surface area contributed by atoms with Gasteiger partial charge in [-0.2, -0.15) is 0 Å². The van der Waals surface area contributed by atoms with E-state index in [1.165, 1.54) is 25.3 Å². The topological polar surface area (TPSA) is 72.9 Å². The minimum Gasteiger partial charge on any atom is -0.464 e. The highest BCUT2D eigenvalue weighted by Gasteiger charge is 2.53. The fourth-order valence-electron chi connectivity index (χ4n) is 1.78. The lowest BCUT2D eigenvalue weighted by Crippen LogP contribution is -2.60. The highest BCUT2D eigenvalue weighted by molar-refractivity contribution is 6.10. The highest BCUT2D eigenvalue weighted by Crippen LogP contribution is 2.26. The Morgan fingerprint density at radius 3 is 2.00 bits per heavy atom. The van der Waals surface area contributed by atoms with Gasteiger partial charge in [0.2, 0.25) is 5.91 Å². The number of nitrogens with zero attached hydrogens (tertiary/aromatic N) is 1. The molecule has 0 aliphatic carbocycles. The van der Waals surface area contributed by atoms with Crippen molar-refractivity contribution in [3.05, 3.63) is 24.4 Å². The fraction of sp³-hybridized carbons (Fsp3) is 0.462. The van der Waals surface area contributed by atoms with Crippen molar-refractivity contribution in [2.24, 2.45) is 0 Å². The summed E-state index contributed by atoms with van der Waals surface area (Å²) in [5.41, 5.74) is -1.87. The molecule has 0 saturated carbocycles. The molecule has 0 aromatic heterocycles. The summed E-state index contributed by atoms with van der Waals surface area (Å²) in [6.07, 6.45) is 5.73. The average Bonchev–Trinajstić information content (AvgIpc) is 2.38. The zero-order chi connectivity index (χ0) is 14.5. The van der Waals surface area contributed by atoms with Gasteiger partial charge in [0.1, 0.15) is 0 Å².